The van der Waals surface area contributed by atoms with Gasteiger partial charge in [0.15, 0.2) is 5.78 Å². The highest BCUT2D eigenvalue weighted by Crippen LogP contribution is 2.25. The lowest BCUT2D eigenvalue weighted by Gasteiger charge is -1.99. The number of benzene rings is 1. The van der Waals surface area contributed by atoms with Crippen LogP contribution < -0.4 is 0 Å². The zero-order chi connectivity index (χ0) is 10.3. The van der Waals surface area contributed by atoms with Crippen LogP contribution in [0.15, 0.2) is 12.1 Å². The quantitative estimate of drug-likeness (QED) is 0.733. The van der Waals surface area contributed by atoms with Crippen molar-refractivity contribution in [3.05, 3.63) is 23.5 Å². The summed E-state index contributed by atoms with van der Waals surface area (Å²) in [7, 11) is 0. The largest absolute Gasteiger partial charge is 0.507 e. The van der Waals surface area contributed by atoms with Crippen molar-refractivity contribution < 1.29 is 9.90 Å². The fraction of sp³-hybridized carbons (Fsp3) is 0.200. The molecular weight excluding hydrogens is 216 g/mol. The number of phenols is 1. The van der Waals surface area contributed by atoms with E-state index >= 15 is 0 Å². The second kappa shape index (κ2) is 3.90. The van der Waals surface area contributed by atoms with Gasteiger partial charge in [-0.1, -0.05) is 0 Å². The van der Waals surface area contributed by atoms with Gasteiger partial charge in [0, 0.05) is 0 Å². The second-order valence-corrected chi connectivity index (χ2v) is 3.23. The molecule has 0 aliphatic heterocycles. The minimum Gasteiger partial charge on any atom is -0.507 e. The number of aromatic nitrogens is 2. The lowest BCUT2D eigenvalue weighted by atomic mass is 10.1. The predicted molar refractivity (Wildman–Crippen MR) is 59.7 cm³/mol. The number of nitrogens with one attached hydrogen (secondary N) is 1. The van der Waals surface area contributed by atoms with Crippen LogP contribution in [0.5, 0.6) is 5.75 Å². The smallest absolute Gasteiger partial charge is 0.165 e. The first-order chi connectivity index (χ1) is 6.59. The first kappa shape index (κ1) is 11.5. The molecule has 0 fully saturated rings. The van der Waals surface area contributed by atoms with E-state index in [2.05, 4.69) is 9.97 Å². The fourth-order valence-electron chi connectivity index (χ4n) is 1.54. The van der Waals surface area contributed by atoms with E-state index in [9.17, 15) is 9.90 Å². The van der Waals surface area contributed by atoms with E-state index in [0.717, 1.165) is 11.3 Å². The molecule has 0 saturated heterocycles. The monoisotopic (exact) mass is 226 g/mol. The molecule has 15 heavy (non-hydrogen) atoms. The van der Waals surface area contributed by atoms with Crippen LogP contribution >= 0.6 is 12.4 Å². The van der Waals surface area contributed by atoms with Crippen LogP contribution in [0.1, 0.15) is 23.1 Å². The zero-order valence-electron chi connectivity index (χ0n) is 8.37. The molecule has 1 heterocycles. The van der Waals surface area contributed by atoms with E-state index in [1.807, 2.05) is 0 Å². The predicted octanol–water partition coefficient (Wildman–Crippen LogP) is 2.20. The van der Waals surface area contributed by atoms with Crippen LogP contribution in [-0.2, 0) is 0 Å². The molecule has 0 saturated carbocycles. The highest BCUT2D eigenvalue weighted by molar-refractivity contribution is 6.07. The van der Waals surface area contributed by atoms with Crippen LogP contribution in [0.2, 0.25) is 0 Å². The van der Waals surface area contributed by atoms with Crippen molar-refractivity contribution in [2.45, 2.75) is 13.8 Å². The molecule has 0 amide bonds. The minimum atomic E-state index is -0.181. The number of hydrogen-bond acceptors (Lipinski definition) is 3. The molecule has 2 rings (SSSR count). The number of halogens is 1. The number of H-pyrrole nitrogens is 1. The molecule has 2 aromatic rings. The Hall–Kier alpha value is -1.55. The Kier molecular flexibility index (Phi) is 3.00. The van der Waals surface area contributed by atoms with Gasteiger partial charge in [0.05, 0.1) is 11.1 Å². The van der Waals surface area contributed by atoms with Crippen LogP contribution in [0.4, 0.5) is 0 Å². The van der Waals surface area contributed by atoms with E-state index in [-0.39, 0.29) is 29.5 Å². The molecule has 0 bridgehead atoms. The van der Waals surface area contributed by atoms with Crippen molar-refractivity contribution in [3.8, 4) is 5.75 Å². The van der Waals surface area contributed by atoms with Crippen LogP contribution in [-0.4, -0.2) is 20.9 Å². The molecule has 0 aliphatic rings. The first-order valence-electron chi connectivity index (χ1n) is 4.29. The molecule has 0 aliphatic carbocycles. The maximum absolute atomic E-state index is 11.3. The molecule has 0 atom stereocenters. The average Bonchev–Trinajstić information content (AvgIpc) is 2.43. The Balaban J connectivity index is 0.00000112. The Morgan fingerprint density at radius 2 is 2.13 bits per heavy atom. The highest BCUT2D eigenvalue weighted by atomic mass is 35.5. The third-order valence-electron chi connectivity index (χ3n) is 2.10. The van der Waals surface area contributed by atoms with Gasteiger partial charge in [-0.2, -0.15) is 0 Å². The molecule has 80 valence electrons. The number of hydrogen-bond donors (Lipinski definition) is 2. The molecular formula is C10H11ClN2O2. The van der Waals surface area contributed by atoms with Crippen LogP contribution in [0, 0.1) is 6.92 Å². The molecule has 2 N–H and O–H groups in total. The van der Waals surface area contributed by atoms with E-state index in [1.165, 1.54) is 13.0 Å². The standard InChI is InChI=1S/C10H10N2O2.ClH/c1-5(13)9-8(14)4-3-7-10(9)12-6(2)11-7;/h3-4,14H,1-2H3,(H,11,12);1H. The number of Topliss-reactive ketones (excluding diaryl/α,β-unsaturated/α-hetero) is 1. The number of carbonyl (C=O) groups excluding carboxylic acids is 1. The normalized spacial score (nSPS) is 10.0. The van der Waals surface area contributed by atoms with Gasteiger partial charge >= 0.3 is 0 Å². The maximum atomic E-state index is 11.3. The van der Waals surface area contributed by atoms with Gasteiger partial charge < -0.3 is 10.1 Å². The van der Waals surface area contributed by atoms with E-state index in [4.69, 9.17) is 0 Å². The fourth-order valence-corrected chi connectivity index (χ4v) is 1.54. The number of aromatic hydroxyl groups is 1. The number of nitrogens with zero attached hydrogens (tertiary/aromatic N) is 1. The van der Waals surface area contributed by atoms with Crippen molar-refractivity contribution in [1.29, 1.82) is 0 Å². The Morgan fingerprint density at radius 1 is 1.47 bits per heavy atom. The molecule has 1 aromatic heterocycles. The lowest BCUT2D eigenvalue weighted by molar-refractivity contribution is 0.101. The summed E-state index contributed by atoms with van der Waals surface area (Å²) < 4.78 is 0. The molecule has 1 aromatic carbocycles. The summed E-state index contributed by atoms with van der Waals surface area (Å²) in [5, 5.41) is 9.51. The van der Waals surface area contributed by atoms with Gasteiger partial charge in [-0.05, 0) is 26.0 Å². The van der Waals surface area contributed by atoms with E-state index < -0.39 is 0 Å². The third-order valence-corrected chi connectivity index (χ3v) is 2.10. The summed E-state index contributed by atoms with van der Waals surface area (Å²) in [4.78, 5) is 18.4. The van der Waals surface area contributed by atoms with Gasteiger partial charge in [-0.15, -0.1) is 12.4 Å². The van der Waals surface area contributed by atoms with Crippen molar-refractivity contribution in [2.75, 3.05) is 0 Å². The maximum Gasteiger partial charge on any atom is 0.165 e. The van der Waals surface area contributed by atoms with Crippen molar-refractivity contribution in [2.24, 2.45) is 0 Å². The number of rotatable bonds is 1. The van der Waals surface area contributed by atoms with Crippen molar-refractivity contribution in [3.63, 3.8) is 0 Å². The number of aromatic amines is 1. The van der Waals surface area contributed by atoms with Gasteiger partial charge in [-0.25, -0.2) is 4.98 Å². The number of ketones is 1. The number of fused-ring (bicyclic) bond motifs is 1. The summed E-state index contributed by atoms with van der Waals surface area (Å²) in [6, 6.07) is 3.20. The summed E-state index contributed by atoms with van der Waals surface area (Å²) in [5.74, 6) is 0.532. The average molecular weight is 227 g/mol. The SMILES string of the molecule is CC(=O)c1c(O)ccc2[nH]c(C)nc12.Cl. The Labute approximate surface area is 92.7 Å². The molecule has 5 heteroatoms. The van der Waals surface area contributed by atoms with Gasteiger partial charge in [0.1, 0.15) is 17.1 Å². The number of imidazole rings is 1. The summed E-state index contributed by atoms with van der Waals surface area (Å²) in [6.07, 6.45) is 0. The van der Waals surface area contributed by atoms with E-state index in [1.54, 1.807) is 13.0 Å². The molecule has 4 nitrogen and oxygen atoms in total. The number of carbonyl (C=O) groups is 1. The second-order valence-electron chi connectivity index (χ2n) is 3.23. The molecule has 0 unspecified atom stereocenters. The Morgan fingerprint density at radius 3 is 2.73 bits per heavy atom. The summed E-state index contributed by atoms with van der Waals surface area (Å²) in [6.45, 7) is 3.22. The van der Waals surface area contributed by atoms with Crippen LogP contribution in [0.3, 0.4) is 0 Å². The topological polar surface area (TPSA) is 66.0 Å². The number of aryl methyl sites for hydroxylation is 1. The minimum absolute atomic E-state index is 0. The van der Waals surface area contributed by atoms with Gasteiger partial charge in [-0.3, -0.25) is 4.79 Å². The summed E-state index contributed by atoms with van der Waals surface area (Å²) in [5.41, 5.74) is 1.59. The Bertz CT molecular complexity index is 519. The van der Waals surface area contributed by atoms with Crippen molar-refractivity contribution >= 4 is 29.2 Å². The molecule has 0 radical (unpaired) electrons. The number of phenolic OH excluding ortho intramolecular Hbond substituents is 1. The highest BCUT2D eigenvalue weighted by Gasteiger charge is 2.13. The third kappa shape index (κ3) is 1.80. The zero-order valence-corrected chi connectivity index (χ0v) is 9.18. The van der Waals surface area contributed by atoms with Crippen molar-refractivity contribution in [1.82, 2.24) is 9.97 Å². The van der Waals surface area contributed by atoms with Gasteiger partial charge in [0.2, 0.25) is 0 Å². The molecule has 0 spiro atoms. The first-order valence-corrected chi connectivity index (χ1v) is 4.29. The van der Waals surface area contributed by atoms with E-state index in [0.29, 0.717) is 5.52 Å². The summed E-state index contributed by atoms with van der Waals surface area (Å²) >= 11 is 0. The lowest BCUT2D eigenvalue weighted by Crippen LogP contribution is -1.94. The van der Waals surface area contributed by atoms with Crippen LogP contribution in [0.25, 0.3) is 11.0 Å². The van der Waals surface area contributed by atoms with Gasteiger partial charge in [0.25, 0.3) is 0 Å².